The number of nitrogens with zero attached hydrogens (tertiary/aromatic N) is 3. The summed E-state index contributed by atoms with van der Waals surface area (Å²) in [6.45, 7) is 22.0. The van der Waals surface area contributed by atoms with Gasteiger partial charge < -0.3 is 50.4 Å². The molecule has 66 heavy (non-hydrogen) atoms. The molecule has 1 saturated heterocycles. The number of amides is 5. The van der Waals surface area contributed by atoms with Gasteiger partial charge in [0.25, 0.3) is 0 Å². The highest BCUT2D eigenvalue weighted by Crippen LogP contribution is 2.31. The molecular formula is C50H86N6O10. The fourth-order valence-corrected chi connectivity index (χ4v) is 9.27. The van der Waals surface area contributed by atoms with Crippen LogP contribution in [0.4, 0.5) is 0 Å². The summed E-state index contributed by atoms with van der Waals surface area (Å²) in [5.74, 6) is -4.40. The molecule has 0 saturated carbocycles. The minimum atomic E-state index is -1.15. The lowest BCUT2D eigenvalue weighted by Crippen LogP contribution is -2.61. The number of hydrogen-bond donors (Lipinski definition) is 4. The van der Waals surface area contributed by atoms with Gasteiger partial charge in [-0.3, -0.25) is 24.0 Å². The highest BCUT2D eigenvalue weighted by atomic mass is 16.5. The van der Waals surface area contributed by atoms with Gasteiger partial charge in [-0.15, -0.1) is 0 Å². The van der Waals surface area contributed by atoms with Gasteiger partial charge in [-0.2, -0.15) is 0 Å². The average molecular weight is 931 g/mol. The molecule has 1 aromatic carbocycles. The molecule has 16 heteroatoms. The van der Waals surface area contributed by atoms with E-state index in [4.69, 9.17) is 19.9 Å². The summed E-state index contributed by atoms with van der Waals surface area (Å²) < 4.78 is 18.0. The largest absolute Gasteiger partial charge is 0.480 e. The highest BCUT2D eigenvalue weighted by Gasteiger charge is 2.44. The van der Waals surface area contributed by atoms with E-state index in [2.05, 4.69) is 10.6 Å². The zero-order valence-electron chi connectivity index (χ0n) is 42.8. The lowest BCUT2D eigenvalue weighted by atomic mass is 9.86. The van der Waals surface area contributed by atoms with Gasteiger partial charge in [0.2, 0.25) is 29.5 Å². The van der Waals surface area contributed by atoms with Gasteiger partial charge in [-0.05, 0) is 69.4 Å². The van der Waals surface area contributed by atoms with E-state index < -0.39 is 77.1 Å². The Morgan fingerprint density at radius 2 is 1.50 bits per heavy atom. The highest BCUT2D eigenvalue weighted by molar-refractivity contribution is 5.93. The van der Waals surface area contributed by atoms with E-state index in [1.165, 1.54) is 19.1 Å². The van der Waals surface area contributed by atoms with Crippen LogP contribution in [0.5, 0.6) is 0 Å². The third-order valence-electron chi connectivity index (χ3n) is 13.6. The number of rotatable bonds is 28. The number of carbonyl (C=O) groups is 6. The predicted octanol–water partition coefficient (Wildman–Crippen LogP) is 4.90. The molecular weight excluding hydrogens is 845 g/mol. The van der Waals surface area contributed by atoms with Crippen LogP contribution < -0.4 is 16.4 Å². The lowest BCUT2D eigenvalue weighted by molar-refractivity contribution is -0.151. The molecule has 16 nitrogen and oxygen atoms in total. The number of carboxylic acid groups (broad SMARTS) is 1. The van der Waals surface area contributed by atoms with Crippen LogP contribution in [0, 0.1) is 29.1 Å². The van der Waals surface area contributed by atoms with Gasteiger partial charge in [0.1, 0.15) is 18.1 Å². The Kier molecular flexibility index (Phi) is 23.2. The quantitative estimate of drug-likeness (QED) is 0.0888. The summed E-state index contributed by atoms with van der Waals surface area (Å²) in [5.41, 5.74) is 5.25. The van der Waals surface area contributed by atoms with Gasteiger partial charge in [-0.1, -0.05) is 99.1 Å². The number of likely N-dealkylation sites (tertiary alicyclic amines) is 1. The van der Waals surface area contributed by atoms with Crippen molar-refractivity contribution >= 4 is 35.5 Å². The monoisotopic (exact) mass is 931 g/mol. The van der Waals surface area contributed by atoms with Gasteiger partial charge in [0, 0.05) is 53.3 Å². The zero-order chi connectivity index (χ0) is 50.3. The number of carbonyl (C=O) groups excluding carboxylic acids is 5. The summed E-state index contributed by atoms with van der Waals surface area (Å²) in [5, 5.41) is 15.6. The minimum absolute atomic E-state index is 0.0683. The maximum absolute atomic E-state index is 14.7. The first-order valence-corrected chi connectivity index (χ1v) is 23.9. The second-order valence-electron chi connectivity index (χ2n) is 20.3. The standard InChI is InChI=1S/C50H86N6O10/c1-16-33(6)42(54(12)46(60)40(31(2)3)53-45(59)41(32(4)5)55(13)48(63)49(8,9)25-28-66-50(10,11)24-26-51)38(64-14)30-39(57)56-27-20-23-37(56)43(65-15)34(7)44(58)52-36(47(61)62)29-35-21-18-17-19-22-35/h17-19,21-22,31-34,36-38,40-43H,16,20,23-30,51H2,1-15H3,(H,52,58)(H,53,59)(H,61,62)/t33-,34+,36-,37-,38+,40-,41?,42-,43+/m0/s1. The van der Waals surface area contributed by atoms with Crippen molar-refractivity contribution in [3.63, 3.8) is 0 Å². The summed E-state index contributed by atoms with van der Waals surface area (Å²) in [4.78, 5) is 87.9. The first kappa shape index (κ1) is 58.0. The Bertz CT molecular complexity index is 1720. The molecule has 1 aliphatic heterocycles. The first-order valence-electron chi connectivity index (χ1n) is 23.9. The van der Waals surface area contributed by atoms with Crippen molar-refractivity contribution in [3.05, 3.63) is 35.9 Å². The maximum atomic E-state index is 14.7. The average Bonchev–Trinajstić information content (AvgIpc) is 3.74. The molecule has 0 radical (unpaired) electrons. The van der Waals surface area contributed by atoms with Crippen LogP contribution >= 0.6 is 0 Å². The predicted molar refractivity (Wildman–Crippen MR) is 256 cm³/mol. The van der Waals surface area contributed by atoms with Crippen LogP contribution in [0.25, 0.3) is 0 Å². The Balaban J connectivity index is 2.29. The fraction of sp³-hybridized carbons (Fsp3) is 0.760. The third-order valence-corrected chi connectivity index (χ3v) is 13.6. The number of likely N-dealkylation sites (N-methyl/N-ethyl adjacent to an activating group) is 2. The number of nitrogens with one attached hydrogen (secondary N) is 2. The summed E-state index contributed by atoms with van der Waals surface area (Å²) in [6, 6.07) is 5.05. The van der Waals surface area contributed by atoms with Crippen LogP contribution in [0.2, 0.25) is 0 Å². The number of benzene rings is 1. The molecule has 9 atom stereocenters. The number of methoxy groups -OCH3 is 2. The summed E-state index contributed by atoms with van der Waals surface area (Å²) >= 11 is 0. The smallest absolute Gasteiger partial charge is 0.326 e. The van der Waals surface area contributed by atoms with Gasteiger partial charge >= 0.3 is 5.97 Å². The molecule has 376 valence electrons. The van der Waals surface area contributed by atoms with Crippen LogP contribution in [-0.2, 0) is 49.4 Å². The normalized spacial score (nSPS) is 18.2. The van der Waals surface area contributed by atoms with E-state index in [-0.39, 0.29) is 48.3 Å². The van der Waals surface area contributed by atoms with Crippen molar-refractivity contribution in [2.75, 3.05) is 48.0 Å². The molecule has 1 unspecified atom stereocenters. The Labute approximate surface area is 395 Å². The van der Waals surface area contributed by atoms with Crippen molar-refractivity contribution in [3.8, 4) is 0 Å². The molecule has 2 rings (SSSR count). The summed E-state index contributed by atoms with van der Waals surface area (Å²) in [6.07, 6.45) is 1.60. The van der Waals surface area contributed by atoms with Crippen LogP contribution in [0.3, 0.4) is 0 Å². The second kappa shape index (κ2) is 26.4. The number of hydrogen-bond acceptors (Lipinski definition) is 10. The third kappa shape index (κ3) is 16.0. The van der Waals surface area contributed by atoms with Gasteiger partial charge in [0.05, 0.1) is 42.2 Å². The molecule has 1 fully saturated rings. The number of carboxylic acids is 1. The lowest BCUT2D eigenvalue weighted by Gasteiger charge is -2.41. The molecule has 5 N–H and O–H groups in total. The van der Waals surface area contributed by atoms with Crippen LogP contribution in [0.1, 0.15) is 120 Å². The van der Waals surface area contributed by atoms with E-state index in [0.717, 1.165) is 5.56 Å². The van der Waals surface area contributed by atoms with E-state index in [9.17, 15) is 33.9 Å². The Morgan fingerprint density at radius 1 is 0.879 bits per heavy atom. The van der Waals surface area contributed by atoms with Gasteiger partial charge in [0.15, 0.2) is 0 Å². The maximum Gasteiger partial charge on any atom is 0.326 e. The number of nitrogens with two attached hydrogens (primary N) is 1. The van der Waals surface area contributed by atoms with E-state index in [1.807, 2.05) is 87.4 Å². The topological polar surface area (TPSA) is 210 Å². The van der Waals surface area contributed by atoms with Crippen molar-refractivity contribution in [1.82, 2.24) is 25.3 Å². The fourth-order valence-electron chi connectivity index (χ4n) is 9.27. The molecule has 1 aliphatic rings. The molecule has 5 amide bonds. The van der Waals surface area contributed by atoms with Crippen molar-refractivity contribution in [2.24, 2.45) is 34.8 Å². The van der Waals surface area contributed by atoms with E-state index >= 15 is 0 Å². The molecule has 1 aromatic rings. The van der Waals surface area contributed by atoms with Crippen molar-refractivity contribution < 1.29 is 48.1 Å². The Hall–Kier alpha value is -4.12. The molecule has 0 spiro atoms. The van der Waals surface area contributed by atoms with Crippen LogP contribution in [-0.4, -0.2) is 151 Å². The molecule has 1 heterocycles. The second-order valence-corrected chi connectivity index (χ2v) is 20.3. The number of ether oxygens (including phenoxy) is 3. The summed E-state index contributed by atoms with van der Waals surface area (Å²) in [7, 11) is 6.30. The molecule has 0 aromatic heterocycles. The van der Waals surface area contributed by atoms with Crippen LogP contribution in [0.15, 0.2) is 30.3 Å². The zero-order valence-corrected chi connectivity index (χ0v) is 42.8. The Morgan fingerprint density at radius 3 is 2.02 bits per heavy atom. The minimum Gasteiger partial charge on any atom is -0.480 e. The number of aliphatic carboxylic acids is 1. The van der Waals surface area contributed by atoms with Gasteiger partial charge in [-0.25, -0.2) is 4.79 Å². The van der Waals surface area contributed by atoms with Crippen molar-refractivity contribution in [1.29, 1.82) is 0 Å². The SMILES string of the molecule is CC[C@H](C)[C@@H]([C@@H](CC(=O)N1CCC[C@H]1[C@H](OC)[C@@H](C)C(=O)N[C@@H](Cc1ccccc1)C(=O)O)OC)N(C)C(=O)[C@@H](NC(=O)C(C(C)C)N(C)C(=O)C(C)(C)CCOC(C)(C)CCN)C(C)C. The van der Waals surface area contributed by atoms with E-state index in [1.54, 1.807) is 43.0 Å². The van der Waals surface area contributed by atoms with E-state index in [0.29, 0.717) is 51.8 Å². The molecule has 0 aliphatic carbocycles. The first-order chi connectivity index (χ1) is 30.8. The molecule has 0 bridgehead atoms. The van der Waals surface area contributed by atoms with Crippen molar-refractivity contribution in [2.45, 2.75) is 169 Å².